The van der Waals surface area contributed by atoms with Gasteiger partial charge < -0.3 is 9.47 Å². The molecule has 1 aromatic rings. The Morgan fingerprint density at radius 3 is 2.93 bits per heavy atom. The molecule has 76 valence electrons. The maximum absolute atomic E-state index is 5.68. The summed E-state index contributed by atoms with van der Waals surface area (Å²) in [5, 5.41) is 0. The van der Waals surface area contributed by atoms with Crippen LogP contribution in [-0.2, 0) is 9.47 Å². The van der Waals surface area contributed by atoms with Crippen molar-refractivity contribution in [3.8, 4) is 0 Å². The normalized spacial score (nSPS) is 22.0. The second kappa shape index (κ2) is 4.43. The first kappa shape index (κ1) is 10.1. The highest BCUT2D eigenvalue weighted by Crippen LogP contribution is 2.26. The molecule has 1 fully saturated rings. The van der Waals surface area contributed by atoms with E-state index < -0.39 is 0 Å². The first-order chi connectivity index (χ1) is 6.77. The van der Waals surface area contributed by atoms with Crippen molar-refractivity contribution in [2.45, 2.75) is 19.1 Å². The van der Waals surface area contributed by atoms with Crippen LogP contribution in [0.3, 0.4) is 0 Å². The molecule has 3 heteroatoms. The fourth-order valence-electron chi connectivity index (χ4n) is 1.31. The third-order valence-corrected chi connectivity index (χ3v) is 3.00. The number of halogens is 1. The second-order valence-corrected chi connectivity index (χ2v) is 4.31. The van der Waals surface area contributed by atoms with Gasteiger partial charge >= 0.3 is 0 Å². The SMILES string of the molecule is C[C@@H](OC[C@@H]1CO1)c1ccccc1Br. The summed E-state index contributed by atoms with van der Waals surface area (Å²) < 4.78 is 11.9. The fourth-order valence-corrected chi connectivity index (χ4v) is 1.92. The molecule has 0 radical (unpaired) electrons. The highest BCUT2D eigenvalue weighted by atomic mass is 79.9. The van der Waals surface area contributed by atoms with Crippen molar-refractivity contribution in [1.29, 1.82) is 0 Å². The molecule has 1 heterocycles. The van der Waals surface area contributed by atoms with Crippen LogP contribution in [0.25, 0.3) is 0 Å². The van der Waals surface area contributed by atoms with E-state index in [9.17, 15) is 0 Å². The molecule has 2 rings (SSSR count). The van der Waals surface area contributed by atoms with E-state index in [1.54, 1.807) is 0 Å². The van der Waals surface area contributed by atoms with Crippen molar-refractivity contribution < 1.29 is 9.47 Å². The van der Waals surface area contributed by atoms with Crippen LogP contribution in [0, 0.1) is 0 Å². The molecule has 0 spiro atoms. The largest absolute Gasteiger partial charge is 0.371 e. The topological polar surface area (TPSA) is 21.8 Å². The van der Waals surface area contributed by atoms with E-state index in [1.807, 2.05) is 18.2 Å². The molecule has 0 unspecified atom stereocenters. The van der Waals surface area contributed by atoms with Crippen molar-refractivity contribution in [2.24, 2.45) is 0 Å². The van der Waals surface area contributed by atoms with Crippen LogP contribution in [-0.4, -0.2) is 19.3 Å². The van der Waals surface area contributed by atoms with E-state index in [1.165, 1.54) is 5.56 Å². The van der Waals surface area contributed by atoms with Crippen LogP contribution in [0.1, 0.15) is 18.6 Å². The lowest BCUT2D eigenvalue weighted by Gasteiger charge is -2.13. The van der Waals surface area contributed by atoms with Crippen LogP contribution < -0.4 is 0 Å². The maximum Gasteiger partial charge on any atom is 0.104 e. The first-order valence-electron chi connectivity index (χ1n) is 4.75. The second-order valence-electron chi connectivity index (χ2n) is 3.45. The Hall–Kier alpha value is -0.380. The molecule has 14 heavy (non-hydrogen) atoms. The lowest BCUT2D eigenvalue weighted by atomic mass is 10.1. The molecule has 1 aliphatic rings. The Kier molecular flexibility index (Phi) is 3.21. The monoisotopic (exact) mass is 256 g/mol. The van der Waals surface area contributed by atoms with E-state index in [0.29, 0.717) is 12.7 Å². The Morgan fingerprint density at radius 1 is 1.57 bits per heavy atom. The summed E-state index contributed by atoms with van der Waals surface area (Å²) in [4.78, 5) is 0. The average Bonchev–Trinajstić information content (AvgIpc) is 2.98. The van der Waals surface area contributed by atoms with Crippen LogP contribution >= 0.6 is 15.9 Å². The summed E-state index contributed by atoms with van der Waals surface area (Å²) in [6.45, 7) is 3.60. The number of rotatable bonds is 4. The summed E-state index contributed by atoms with van der Waals surface area (Å²) >= 11 is 3.51. The van der Waals surface area contributed by atoms with Crippen LogP contribution in [0.15, 0.2) is 28.7 Å². The summed E-state index contributed by atoms with van der Waals surface area (Å²) in [6.07, 6.45) is 0.453. The van der Waals surface area contributed by atoms with Gasteiger partial charge in [-0.25, -0.2) is 0 Å². The summed E-state index contributed by atoms with van der Waals surface area (Å²) in [5.41, 5.74) is 1.19. The Bertz CT molecular complexity index is 310. The molecule has 0 saturated carbocycles. The zero-order chi connectivity index (χ0) is 9.97. The molecule has 1 aromatic carbocycles. The number of hydrogen-bond acceptors (Lipinski definition) is 2. The molecule has 0 N–H and O–H groups in total. The predicted octanol–water partition coefficient (Wildman–Crippen LogP) is 2.93. The van der Waals surface area contributed by atoms with Crippen molar-refractivity contribution in [3.63, 3.8) is 0 Å². The van der Waals surface area contributed by atoms with E-state index in [0.717, 1.165) is 11.1 Å². The molecule has 2 nitrogen and oxygen atoms in total. The van der Waals surface area contributed by atoms with Crippen molar-refractivity contribution in [2.75, 3.05) is 13.2 Å². The Balaban J connectivity index is 1.95. The third-order valence-electron chi connectivity index (χ3n) is 2.28. The number of benzene rings is 1. The van der Waals surface area contributed by atoms with E-state index >= 15 is 0 Å². The smallest absolute Gasteiger partial charge is 0.104 e. The molecule has 0 aromatic heterocycles. The third kappa shape index (κ3) is 2.56. The Labute approximate surface area is 92.3 Å². The highest BCUT2D eigenvalue weighted by molar-refractivity contribution is 9.10. The van der Waals surface area contributed by atoms with Crippen LogP contribution in [0.2, 0.25) is 0 Å². The molecule has 0 amide bonds. The van der Waals surface area contributed by atoms with Crippen LogP contribution in [0.4, 0.5) is 0 Å². The molecular formula is C11H13BrO2. The molecule has 1 aliphatic heterocycles. The van der Waals surface area contributed by atoms with Gasteiger partial charge in [0.15, 0.2) is 0 Å². The number of hydrogen-bond donors (Lipinski definition) is 0. The van der Waals surface area contributed by atoms with Gasteiger partial charge in [0.05, 0.1) is 19.3 Å². The average molecular weight is 257 g/mol. The standard InChI is InChI=1S/C11H13BrO2/c1-8(13-6-9-7-14-9)10-4-2-3-5-11(10)12/h2-5,8-9H,6-7H2,1H3/t8-,9-/m1/s1. The highest BCUT2D eigenvalue weighted by Gasteiger charge is 2.23. The minimum atomic E-state index is 0.120. The van der Waals surface area contributed by atoms with Gasteiger partial charge in [0.25, 0.3) is 0 Å². The zero-order valence-corrected chi connectivity index (χ0v) is 9.66. The van der Waals surface area contributed by atoms with E-state index in [4.69, 9.17) is 9.47 Å². The lowest BCUT2D eigenvalue weighted by Crippen LogP contribution is -2.06. The Morgan fingerprint density at radius 2 is 2.29 bits per heavy atom. The van der Waals surface area contributed by atoms with Gasteiger partial charge in [-0.15, -0.1) is 0 Å². The van der Waals surface area contributed by atoms with Crippen molar-refractivity contribution >= 4 is 15.9 Å². The van der Waals surface area contributed by atoms with Gasteiger partial charge in [0.2, 0.25) is 0 Å². The fraction of sp³-hybridized carbons (Fsp3) is 0.455. The van der Waals surface area contributed by atoms with Gasteiger partial charge in [-0.2, -0.15) is 0 Å². The number of epoxide rings is 1. The predicted molar refractivity (Wildman–Crippen MR) is 58.2 cm³/mol. The zero-order valence-electron chi connectivity index (χ0n) is 8.07. The molecule has 0 aliphatic carbocycles. The van der Waals surface area contributed by atoms with E-state index in [2.05, 4.69) is 28.9 Å². The molecule has 0 bridgehead atoms. The summed E-state index contributed by atoms with van der Waals surface area (Å²) in [7, 11) is 0. The molecule has 1 saturated heterocycles. The molecular weight excluding hydrogens is 244 g/mol. The van der Waals surface area contributed by atoms with Gasteiger partial charge in [-0.05, 0) is 18.6 Å². The van der Waals surface area contributed by atoms with E-state index in [-0.39, 0.29) is 6.10 Å². The number of ether oxygens (including phenoxy) is 2. The minimum Gasteiger partial charge on any atom is -0.371 e. The summed E-state index contributed by atoms with van der Waals surface area (Å²) in [5.74, 6) is 0. The first-order valence-corrected chi connectivity index (χ1v) is 5.54. The van der Waals surface area contributed by atoms with Gasteiger partial charge in [-0.1, -0.05) is 34.1 Å². The minimum absolute atomic E-state index is 0.120. The van der Waals surface area contributed by atoms with Gasteiger partial charge in [0, 0.05) is 4.47 Å². The van der Waals surface area contributed by atoms with Crippen molar-refractivity contribution in [3.05, 3.63) is 34.3 Å². The summed E-state index contributed by atoms with van der Waals surface area (Å²) in [6, 6.07) is 8.13. The molecule has 2 atom stereocenters. The van der Waals surface area contributed by atoms with Crippen molar-refractivity contribution in [1.82, 2.24) is 0 Å². The van der Waals surface area contributed by atoms with Crippen LogP contribution in [0.5, 0.6) is 0 Å². The maximum atomic E-state index is 5.68. The van der Waals surface area contributed by atoms with Gasteiger partial charge in [0.1, 0.15) is 6.10 Å². The quantitative estimate of drug-likeness (QED) is 0.773. The lowest BCUT2D eigenvalue weighted by molar-refractivity contribution is 0.0535. The van der Waals surface area contributed by atoms with Gasteiger partial charge in [-0.3, -0.25) is 0 Å².